The lowest BCUT2D eigenvalue weighted by atomic mass is 10.0. The minimum absolute atomic E-state index is 0.424. The molecule has 0 saturated carbocycles. The Morgan fingerprint density at radius 3 is 2.81 bits per heavy atom. The summed E-state index contributed by atoms with van der Waals surface area (Å²) in [5.41, 5.74) is 6.12. The predicted molar refractivity (Wildman–Crippen MR) is 112 cm³/mol. The van der Waals surface area contributed by atoms with Crippen LogP contribution in [0.15, 0.2) is 34.3 Å². The minimum Gasteiger partial charge on any atom is -0.381 e. The van der Waals surface area contributed by atoms with E-state index in [9.17, 15) is 0 Å². The summed E-state index contributed by atoms with van der Waals surface area (Å²) in [4.78, 5) is 12.1. The van der Waals surface area contributed by atoms with Gasteiger partial charge in [-0.1, -0.05) is 54.4 Å². The Balaban J connectivity index is 0.00000117. The van der Waals surface area contributed by atoms with E-state index in [1.54, 1.807) is 12.3 Å². The average Bonchev–Trinajstić information content (AvgIpc) is 3.11. The van der Waals surface area contributed by atoms with E-state index in [-0.39, 0.29) is 0 Å². The number of nitrogens with zero attached hydrogens (tertiary/aromatic N) is 3. The SMILES string of the molecule is C#C.CCC[C@H]1CCN(c2cnc(Sc3cccc(Cl)c3Cl)c(N)n2)C1. The molecule has 0 bridgehead atoms. The van der Waals surface area contributed by atoms with Gasteiger partial charge in [-0.15, -0.1) is 12.8 Å². The van der Waals surface area contributed by atoms with Crippen molar-refractivity contribution in [3.63, 3.8) is 0 Å². The van der Waals surface area contributed by atoms with Crippen LogP contribution in [0.5, 0.6) is 0 Å². The summed E-state index contributed by atoms with van der Waals surface area (Å²) in [7, 11) is 0. The fraction of sp³-hybridized carbons (Fsp3) is 0.368. The van der Waals surface area contributed by atoms with Crippen LogP contribution in [0.4, 0.5) is 11.6 Å². The Labute approximate surface area is 169 Å². The number of rotatable bonds is 5. The highest BCUT2D eigenvalue weighted by atomic mass is 35.5. The zero-order chi connectivity index (χ0) is 19.1. The molecule has 0 spiro atoms. The first-order chi connectivity index (χ1) is 12.6. The maximum atomic E-state index is 6.23. The molecule has 1 aliphatic rings. The first-order valence-electron chi connectivity index (χ1n) is 8.41. The van der Waals surface area contributed by atoms with Crippen LogP contribution in [0.25, 0.3) is 0 Å². The molecule has 1 fully saturated rings. The average molecular weight is 409 g/mol. The van der Waals surface area contributed by atoms with Crippen molar-refractivity contribution in [1.82, 2.24) is 9.97 Å². The zero-order valence-electron chi connectivity index (χ0n) is 14.7. The zero-order valence-corrected chi connectivity index (χ0v) is 17.0. The number of hydrogen-bond donors (Lipinski definition) is 1. The number of anilines is 2. The highest BCUT2D eigenvalue weighted by molar-refractivity contribution is 7.99. The van der Waals surface area contributed by atoms with Crippen LogP contribution in [-0.2, 0) is 0 Å². The highest BCUT2D eigenvalue weighted by Gasteiger charge is 2.23. The van der Waals surface area contributed by atoms with E-state index >= 15 is 0 Å². The van der Waals surface area contributed by atoms with Crippen molar-refractivity contribution in [2.24, 2.45) is 5.92 Å². The van der Waals surface area contributed by atoms with Crippen LogP contribution in [0, 0.1) is 18.8 Å². The van der Waals surface area contributed by atoms with E-state index in [1.165, 1.54) is 31.0 Å². The summed E-state index contributed by atoms with van der Waals surface area (Å²) < 4.78 is 0. The molecule has 0 radical (unpaired) electrons. The largest absolute Gasteiger partial charge is 0.381 e. The molecule has 1 aromatic heterocycles. The first kappa shape index (κ1) is 20.7. The second-order valence-corrected chi connectivity index (χ2v) is 7.78. The summed E-state index contributed by atoms with van der Waals surface area (Å²) in [6.07, 6.45) is 13.5. The molecule has 138 valence electrons. The quantitative estimate of drug-likeness (QED) is 0.671. The second kappa shape index (κ2) is 9.91. The van der Waals surface area contributed by atoms with Gasteiger partial charge in [0.15, 0.2) is 5.82 Å². The Hall–Kier alpha value is -1.61. The molecule has 0 aliphatic carbocycles. The van der Waals surface area contributed by atoms with Crippen molar-refractivity contribution in [3.8, 4) is 12.8 Å². The molecule has 1 aliphatic heterocycles. The normalized spacial score (nSPS) is 16.2. The molecule has 2 aromatic rings. The van der Waals surface area contributed by atoms with Gasteiger partial charge in [0.2, 0.25) is 0 Å². The topological polar surface area (TPSA) is 55.0 Å². The van der Waals surface area contributed by atoms with Crippen molar-refractivity contribution >= 4 is 46.6 Å². The first-order valence-corrected chi connectivity index (χ1v) is 9.98. The Morgan fingerprint density at radius 2 is 2.12 bits per heavy atom. The van der Waals surface area contributed by atoms with Gasteiger partial charge in [-0.05, 0) is 30.9 Å². The monoisotopic (exact) mass is 408 g/mol. The molecular weight excluding hydrogens is 387 g/mol. The van der Waals surface area contributed by atoms with Crippen molar-refractivity contribution < 1.29 is 0 Å². The van der Waals surface area contributed by atoms with Crippen LogP contribution in [-0.4, -0.2) is 23.1 Å². The third kappa shape index (κ3) is 4.97. The van der Waals surface area contributed by atoms with Crippen molar-refractivity contribution in [2.45, 2.75) is 36.1 Å². The number of nitrogen functional groups attached to an aromatic ring is 1. The number of halogens is 2. The molecule has 4 nitrogen and oxygen atoms in total. The lowest BCUT2D eigenvalue weighted by Gasteiger charge is -2.18. The molecule has 0 amide bonds. The summed E-state index contributed by atoms with van der Waals surface area (Å²) in [5, 5.41) is 1.67. The van der Waals surface area contributed by atoms with E-state index in [4.69, 9.17) is 28.9 Å². The molecule has 3 rings (SSSR count). The van der Waals surface area contributed by atoms with Gasteiger partial charge < -0.3 is 10.6 Å². The van der Waals surface area contributed by atoms with E-state index < -0.39 is 0 Å². The van der Waals surface area contributed by atoms with E-state index in [0.717, 1.165) is 29.7 Å². The van der Waals surface area contributed by atoms with E-state index in [1.807, 2.05) is 12.1 Å². The van der Waals surface area contributed by atoms with Crippen LogP contribution < -0.4 is 10.6 Å². The standard InChI is InChI=1S/C17H20Cl2N4S.C2H2/c1-2-4-11-7-8-23(10-11)14-9-21-17(16(20)22-14)24-13-6-3-5-12(18)15(13)19;1-2/h3,5-6,9,11H,2,4,7-8,10H2,1H3,(H2,20,22);1-2H/t11-;/m0./s1. The number of nitrogens with two attached hydrogens (primary N) is 1. The number of benzene rings is 1. The van der Waals surface area contributed by atoms with Crippen molar-refractivity contribution in [3.05, 3.63) is 34.4 Å². The Bertz CT molecular complexity index is 766. The van der Waals surface area contributed by atoms with Gasteiger partial charge in [-0.3, -0.25) is 0 Å². The number of hydrogen-bond acceptors (Lipinski definition) is 5. The molecule has 0 unspecified atom stereocenters. The Morgan fingerprint density at radius 1 is 1.35 bits per heavy atom. The van der Waals surface area contributed by atoms with Gasteiger partial charge in [0.25, 0.3) is 0 Å². The van der Waals surface area contributed by atoms with Crippen LogP contribution in [0.3, 0.4) is 0 Å². The maximum Gasteiger partial charge on any atom is 0.158 e. The van der Waals surface area contributed by atoms with Gasteiger partial charge >= 0.3 is 0 Å². The molecule has 2 N–H and O–H groups in total. The fourth-order valence-electron chi connectivity index (χ4n) is 2.97. The van der Waals surface area contributed by atoms with E-state index in [0.29, 0.717) is 20.9 Å². The lowest BCUT2D eigenvalue weighted by molar-refractivity contribution is 0.529. The molecular formula is C19H22Cl2N4S. The maximum absolute atomic E-state index is 6.23. The minimum atomic E-state index is 0.424. The number of terminal acetylenes is 1. The summed E-state index contributed by atoms with van der Waals surface area (Å²) in [6.45, 7) is 4.29. The lowest BCUT2D eigenvalue weighted by Crippen LogP contribution is -2.21. The molecule has 26 heavy (non-hydrogen) atoms. The van der Waals surface area contributed by atoms with Gasteiger partial charge in [-0.2, -0.15) is 0 Å². The van der Waals surface area contributed by atoms with E-state index in [2.05, 4.69) is 34.6 Å². The third-order valence-electron chi connectivity index (χ3n) is 4.18. The summed E-state index contributed by atoms with van der Waals surface area (Å²) in [6, 6.07) is 5.50. The predicted octanol–water partition coefficient (Wildman–Crippen LogP) is 5.39. The smallest absolute Gasteiger partial charge is 0.158 e. The second-order valence-electron chi connectivity index (χ2n) is 5.96. The van der Waals surface area contributed by atoms with Crippen molar-refractivity contribution in [1.29, 1.82) is 0 Å². The van der Waals surface area contributed by atoms with Crippen LogP contribution in [0.2, 0.25) is 10.0 Å². The van der Waals surface area contributed by atoms with Gasteiger partial charge in [-0.25, -0.2) is 9.97 Å². The summed E-state index contributed by atoms with van der Waals surface area (Å²) in [5.74, 6) is 2.03. The summed E-state index contributed by atoms with van der Waals surface area (Å²) >= 11 is 13.7. The van der Waals surface area contributed by atoms with Gasteiger partial charge in [0.1, 0.15) is 10.8 Å². The van der Waals surface area contributed by atoms with Crippen LogP contribution in [0.1, 0.15) is 26.2 Å². The molecule has 1 aromatic carbocycles. The molecule has 1 saturated heterocycles. The molecule has 1 atom stereocenters. The molecule has 2 heterocycles. The Kier molecular flexibility index (Phi) is 7.89. The van der Waals surface area contributed by atoms with Gasteiger partial charge in [0, 0.05) is 18.0 Å². The molecule has 7 heteroatoms. The fourth-order valence-corrected chi connectivity index (χ4v) is 4.25. The highest BCUT2D eigenvalue weighted by Crippen LogP contribution is 2.38. The van der Waals surface area contributed by atoms with Crippen LogP contribution >= 0.6 is 35.0 Å². The number of aromatic nitrogens is 2. The third-order valence-corrected chi connectivity index (χ3v) is 6.18. The van der Waals surface area contributed by atoms with Gasteiger partial charge in [0.05, 0.1) is 16.2 Å². The van der Waals surface area contributed by atoms with Crippen molar-refractivity contribution in [2.75, 3.05) is 23.7 Å².